The quantitative estimate of drug-likeness (QED) is 0.648. The Hall–Kier alpha value is -3.03. The first-order chi connectivity index (χ1) is 14.6. The highest BCUT2D eigenvalue weighted by molar-refractivity contribution is 6.30. The van der Waals surface area contributed by atoms with E-state index >= 15 is 0 Å². The molecule has 0 unspecified atom stereocenters. The molecule has 3 aromatic rings. The third-order valence-corrected chi connectivity index (χ3v) is 5.29. The number of nitrogens with one attached hydrogen (secondary N) is 1. The molecule has 1 atom stereocenters. The highest BCUT2D eigenvalue weighted by Gasteiger charge is 2.24. The van der Waals surface area contributed by atoms with Crippen molar-refractivity contribution in [3.8, 4) is 11.5 Å². The van der Waals surface area contributed by atoms with Crippen LogP contribution < -0.4 is 14.8 Å². The Labute approximate surface area is 179 Å². The molecule has 1 aromatic heterocycles. The molecule has 0 fully saturated rings. The number of aromatic nitrogens is 2. The van der Waals surface area contributed by atoms with Gasteiger partial charge in [-0.15, -0.1) is 0 Å². The molecule has 0 saturated carbocycles. The Bertz CT molecular complexity index is 1050. The van der Waals surface area contributed by atoms with Crippen LogP contribution in [-0.4, -0.2) is 29.9 Å². The van der Waals surface area contributed by atoms with E-state index in [-0.39, 0.29) is 12.0 Å². The van der Waals surface area contributed by atoms with Gasteiger partial charge in [-0.25, -0.2) is 0 Å². The minimum absolute atomic E-state index is 0.130. The Morgan fingerprint density at radius 1 is 1.20 bits per heavy atom. The van der Waals surface area contributed by atoms with Crippen molar-refractivity contribution in [2.24, 2.45) is 0 Å². The third kappa shape index (κ3) is 4.27. The maximum Gasteiger partial charge on any atom is 0.272 e. The van der Waals surface area contributed by atoms with Gasteiger partial charge in [0.25, 0.3) is 5.91 Å². The van der Waals surface area contributed by atoms with Crippen LogP contribution in [0, 0.1) is 0 Å². The van der Waals surface area contributed by atoms with Gasteiger partial charge in [-0.1, -0.05) is 23.7 Å². The number of carbonyl (C=O) groups excluding carboxylic acids is 1. The second-order valence-electron chi connectivity index (χ2n) is 6.91. The van der Waals surface area contributed by atoms with Crippen molar-refractivity contribution in [2.75, 3.05) is 14.2 Å². The lowest BCUT2D eigenvalue weighted by Gasteiger charge is -2.24. The van der Waals surface area contributed by atoms with Crippen LogP contribution in [-0.2, 0) is 24.4 Å². The fourth-order valence-corrected chi connectivity index (χ4v) is 3.51. The average Bonchev–Trinajstić information content (AvgIpc) is 3.21. The maximum absolute atomic E-state index is 12.6. The number of hydrogen-bond acceptors (Lipinski definition) is 5. The molecule has 7 nitrogen and oxygen atoms in total. The molecule has 1 N–H and O–H groups in total. The average molecular weight is 428 g/mol. The summed E-state index contributed by atoms with van der Waals surface area (Å²) in [4.78, 5) is 12.6. The lowest BCUT2D eigenvalue weighted by atomic mass is 10.1. The summed E-state index contributed by atoms with van der Waals surface area (Å²) in [6.07, 6.45) is -0.130. The van der Waals surface area contributed by atoms with Crippen molar-refractivity contribution in [1.82, 2.24) is 15.1 Å². The van der Waals surface area contributed by atoms with Crippen LogP contribution in [0.2, 0.25) is 5.02 Å². The van der Waals surface area contributed by atoms with Gasteiger partial charge >= 0.3 is 0 Å². The number of amides is 1. The molecular weight excluding hydrogens is 406 g/mol. The zero-order valence-electron chi connectivity index (χ0n) is 16.7. The van der Waals surface area contributed by atoms with Gasteiger partial charge < -0.3 is 19.5 Å². The minimum Gasteiger partial charge on any atom is -0.497 e. The predicted molar refractivity (Wildman–Crippen MR) is 112 cm³/mol. The second kappa shape index (κ2) is 8.77. The first-order valence-corrected chi connectivity index (χ1v) is 9.88. The Morgan fingerprint density at radius 2 is 2.00 bits per heavy atom. The fourth-order valence-electron chi connectivity index (χ4n) is 3.38. The molecule has 0 radical (unpaired) electrons. The number of halogens is 1. The summed E-state index contributed by atoms with van der Waals surface area (Å²) in [7, 11) is 3.18. The largest absolute Gasteiger partial charge is 0.497 e. The molecular formula is C22H22ClN3O4. The van der Waals surface area contributed by atoms with Crippen molar-refractivity contribution < 1.29 is 19.0 Å². The van der Waals surface area contributed by atoms with Gasteiger partial charge in [0, 0.05) is 23.2 Å². The van der Waals surface area contributed by atoms with E-state index in [1.165, 1.54) is 0 Å². The standard InChI is InChI=1S/C22H22ClN3O4/c1-28-18-8-5-15(20(10-18)29-2)11-24-22(27)19-9-17-13-30-21(12-26(17)25-19)14-3-6-16(23)7-4-14/h3-10,21H,11-13H2,1-2H3,(H,24,27)/t21-/m1/s1. The van der Waals surface area contributed by atoms with Crippen LogP contribution in [0.25, 0.3) is 0 Å². The molecule has 0 spiro atoms. The molecule has 8 heteroatoms. The molecule has 4 rings (SSSR count). The molecule has 2 heterocycles. The fraction of sp³-hybridized carbons (Fsp3) is 0.273. The lowest BCUT2D eigenvalue weighted by molar-refractivity contribution is -0.00119. The van der Waals surface area contributed by atoms with Crippen molar-refractivity contribution >= 4 is 17.5 Å². The highest BCUT2D eigenvalue weighted by atomic mass is 35.5. The van der Waals surface area contributed by atoms with Crippen molar-refractivity contribution in [3.63, 3.8) is 0 Å². The van der Waals surface area contributed by atoms with E-state index in [0.717, 1.165) is 16.8 Å². The molecule has 0 aliphatic carbocycles. The van der Waals surface area contributed by atoms with E-state index in [1.807, 2.05) is 41.1 Å². The minimum atomic E-state index is -0.252. The summed E-state index contributed by atoms with van der Waals surface area (Å²) in [5, 5.41) is 8.05. The summed E-state index contributed by atoms with van der Waals surface area (Å²) < 4.78 is 18.3. The Morgan fingerprint density at radius 3 is 2.73 bits per heavy atom. The normalized spacial score (nSPS) is 15.4. The predicted octanol–water partition coefficient (Wildman–Crippen LogP) is 3.76. The number of carbonyl (C=O) groups is 1. The summed E-state index contributed by atoms with van der Waals surface area (Å²) in [6, 6.07) is 14.8. The van der Waals surface area contributed by atoms with Gasteiger partial charge in [-0.2, -0.15) is 5.10 Å². The number of nitrogens with zero attached hydrogens (tertiary/aromatic N) is 2. The first-order valence-electron chi connectivity index (χ1n) is 9.50. The van der Waals surface area contributed by atoms with E-state index < -0.39 is 0 Å². The monoisotopic (exact) mass is 427 g/mol. The van der Waals surface area contributed by atoms with E-state index in [1.54, 1.807) is 26.4 Å². The number of fused-ring (bicyclic) bond motifs is 1. The van der Waals surface area contributed by atoms with Crippen LogP contribution in [0.15, 0.2) is 48.5 Å². The highest BCUT2D eigenvalue weighted by Crippen LogP contribution is 2.28. The van der Waals surface area contributed by atoms with Gasteiger partial charge in [0.15, 0.2) is 5.69 Å². The van der Waals surface area contributed by atoms with E-state index in [4.69, 9.17) is 25.8 Å². The van der Waals surface area contributed by atoms with Gasteiger partial charge in [-0.05, 0) is 35.9 Å². The van der Waals surface area contributed by atoms with Crippen LogP contribution in [0.3, 0.4) is 0 Å². The summed E-state index contributed by atoms with van der Waals surface area (Å²) >= 11 is 5.96. The smallest absolute Gasteiger partial charge is 0.272 e. The summed E-state index contributed by atoms with van der Waals surface area (Å²) in [6.45, 7) is 1.24. The van der Waals surface area contributed by atoms with Gasteiger partial charge in [0.2, 0.25) is 0 Å². The summed E-state index contributed by atoms with van der Waals surface area (Å²) in [5.74, 6) is 1.09. The third-order valence-electron chi connectivity index (χ3n) is 5.04. The molecule has 1 aliphatic rings. The Balaban J connectivity index is 1.43. The van der Waals surface area contributed by atoms with E-state index in [0.29, 0.717) is 41.9 Å². The van der Waals surface area contributed by atoms with Crippen LogP contribution in [0.1, 0.15) is 33.4 Å². The zero-order chi connectivity index (χ0) is 21.1. The Kier molecular flexibility index (Phi) is 5.92. The van der Waals surface area contributed by atoms with Gasteiger partial charge in [0.05, 0.1) is 33.1 Å². The maximum atomic E-state index is 12.6. The summed E-state index contributed by atoms with van der Waals surface area (Å²) in [5.41, 5.74) is 3.10. The zero-order valence-corrected chi connectivity index (χ0v) is 17.5. The van der Waals surface area contributed by atoms with E-state index in [9.17, 15) is 4.79 Å². The van der Waals surface area contributed by atoms with Crippen LogP contribution in [0.4, 0.5) is 0 Å². The number of ether oxygens (including phenoxy) is 3. The number of benzene rings is 2. The van der Waals surface area contributed by atoms with Crippen molar-refractivity contribution in [1.29, 1.82) is 0 Å². The number of hydrogen-bond donors (Lipinski definition) is 1. The molecule has 0 bridgehead atoms. The number of rotatable bonds is 6. The van der Waals surface area contributed by atoms with Crippen LogP contribution in [0.5, 0.6) is 11.5 Å². The molecule has 1 amide bonds. The first kappa shape index (κ1) is 20.3. The molecule has 0 saturated heterocycles. The van der Waals surface area contributed by atoms with Gasteiger partial charge in [-0.3, -0.25) is 9.48 Å². The molecule has 156 valence electrons. The molecule has 30 heavy (non-hydrogen) atoms. The van der Waals surface area contributed by atoms with Crippen molar-refractivity contribution in [3.05, 3.63) is 76.1 Å². The van der Waals surface area contributed by atoms with Gasteiger partial charge in [0.1, 0.15) is 17.6 Å². The molecule has 1 aliphatic heterocycles. The number of methoxy groups -OCH3 is 2. The SMILES string of the molecule is COc1ccc(CNC(=O)c2cc3n(n2)C[C@H](c2ccc(Cl)cc2)OC3)c(OC)c1. The second-order valence-corrected chi connectivity index (χ2v) is 7.35. The van der Waals surface area contributed by atoms with Crippen LogP contribution >= 0.6 is 11.6 Å². The molecule has 2 aromatic carbocycles. The lowest BCUT2D eigenvalue weighted by Crippen LogP contribution is -2.24. The topological polar surface area (TPSA) is 74.6 Å². The van der Waals surface area contributed by atoms with E-state index in [2.05, 4.69) is 10.4 Å². The van der Waals surface area contributed by atoms with Crippen molar-refractivity contribution in [2.45, 2.75) is 25.8 Å².